The first-order chi connectivity index (χ1) is 9.47. The van der Waals surface area contributed by atoms with E-state index >= 15 is 0 Å². The highest BCUT2D eigenvalue weighted by molar-refractivity contribution is 6.42. The number of carbonyl (C=O) groups is 1. The normalized spacial score (nSPS) is 12.2. The van der Waals surface area contributed by atoms with Gasteiger partial charge < -0.3 is 11.1 Å². The van der Waals surface area contributed by atoms with Gasteiger partial charge in [-0.1, -0.05) is 35.3 Å². The Morgan fingerprint density at radius 2 is 2.25 bits per heavy atom. The quantitative estimate of drug-likeness (QED) is 0.891. The molecule has 0 bridgehead atoms. The minimum atomic E-state index is -0.439. The number of primary amides is 1. The molecule has 0 aliphatic rings. The fourth-order valence-corrected chi connectivity index (χ4v) is 2.34. The third kappa shape index (κ3) is 3.43. The molecule has 0 radical (unpaired) electrons. The van der Waals surface area contributed by atoms with Crippen LogP contribution in [0.4, 0.5) is 5.69 Å². The summed E-state index contributed by atoms with van der Waals surface area (Å²) in [4.78, 5) is 10.8. The second-order valence-electron chi connectivity index (χ2n) is 4.40. The molecule has 1 aromatic carbocycles. The Kier molecular flexibility index (Phi) is 4.52. The van der Waals surface area contributed by atoms with Gasteiger partial charge in [0.05, 0.1) is 28.0 Å². The molecule has 0 spiro atoms. The zero-order valence-electron chi connectivity index (χ0n) is 10.8. The summed E-state index contributed by atoms with van der Waals surface area (Å²) in [5.41, 5.74) is 6.77. The van der Waals surface area contributed by atoms with Gasteiger partial charge in [0.2, 0.25) is 5.91 Å². The van der Waals surface area contributed by atoms with E-state index in [0.717, 1.165) is 11.3 Å². The van der Waals surface area contributed by atoms with Crippen LogP contribution in [0.25, 0.3) is 0 Å². The van der Waals surface area contributed by atoms with Crippen LogP contribution >= 0.6 is 23.2 Å². The maximum absolute atomic E-state index is 10.8. The van der Waals surface area contributed by atoms with Crippen molar-refractivity contribution < 1.29 is 4.79 Å². The molecule has 0 saturated heterocycles. The zero-order valence-corrected chi connectivity index (χ0v) is 12.3. The molecule has 0 aliphatic heterocycles. The molecule has 2 aromatic rings. The molecule has 20 heavy (non-hydrogen) atoms. The number of benzene rings is 1. The van der Waals surface area contributed by atoms with Gasteiger partial charge in [0.25, 0.3) is 0 Å². The van der Waals surface area contributed by atoms with Crippen LogP contribution in [-0.2, 0) is 11.3 Å². The number of aromatic nitrogens is 2. The highest BCUT2D eigenvalue weighted by atomic mass is 35.5. The molecule has 5 nitrogen and oxygen atoms in total. The highest BCUT2D eigenvalue weighted by Gasteiger charge is 2.12. The molecule has 1 heterocycles. The van der Waals surface area contributed by atoms with Crippen LogP contribution in [0.15, 0.2) is 30.6 Å². The minimum Gasteiger partial charge on any atom is -0.376 e. The summed E-state index contributed by atoms with van der Waals surface area (Å²) in [6, 6.07) is 5.44. The molecule has 7 heteroatoms. The second kappa shape index (κ2) is 6.15. The third-order valence-electron chi connectivity index (χ3n) is 2.78. The van der Waals surface area contributed by atoms with Gasteiger partial charge in [0.15, 0.2) is 0 Å². The predicted molar refractivity (Wildman–Crippen MR) is 79.9 cm³/mol. The fourth-order valence-electron chi connectivity index (χ4n) is 1.87. The average molecular weight is 313 g/mol. The fraction of sp³-hybridized carbons (Fsp3) is 0.231. The summed E-state index contributed by atoms with van der Waals surface area (Å²) < 4.78 is 1.47. The lowest BCUT2D eigenvalue weighted by Gasteiger charge is -2.16. The van der Waals surface area contributed by atoms with Crippen molar-refractivity contribution in [1.29, 1.82) is 0 Å². The monoisotopic (exact) mass is 312 g/mol. The number of nitrogens with one attached hydrogen (secondary N) is 1. The number of anilines is 1. The number of hydrogen-bond acceptors (Lipinski definition) is 3. The summed E-state index contributed by atoms with van der Waals surface area (Å²) >= 11 is 12.2. The maximum atomic E-state index is 10.8. The second-order valence-corrected chi connectivity index (χ2v) is 5.19. The molecule has 0 fully saturated rings. The largest absolute Gasteiger partial charge is 0.376 e. The van der Waals surface area contributed by atoms with E-state index in [2.05, 4.69) is 10.4 Å². The van der Waals surface area contributed by atoms with Crippen molar-refractivity contribution in [2.45, 2.75) is 19.5 Å². The molecule has 2 rings (SSSR count). The van der Waals surface area contributed by atoms with Crippen LogP contribution in [0.1, 0.15) is 18.5 Å². The van der Waals surface area contributed by atoms with Crippen LogP contribution in [0.3, 0.4) is 0 Å². The van der Waals surface area contributed by atoms with Crippen molar-refractivity contribution in [1.82, 2.24) is 9.78 Å². The number of hydrogen-bond donors (Lipinski definition) is 2. The average Bonchev–Trinajstić information content (AvgIpc) is 2.79. The lowest BCUT2D eigenvalue weighted by Crippen LogP contribution is -2.18. The minimum absolute atomic E-state index is 0.0487. The van der Waals surface area contributed by atoms with Gasteiger partial charge in [0, 0.05) is 6.20 Å². The Bertz CT molecular complexity index is 627. The maximum Gasteiger partial charge on any atom is 0.239 e. The van der Waals surface area contributed by atoms with E-state index < -0.39 is 5.91 Å². The molecular formula is C13H14Cl2N4O. The van der Waals surface area contributed by atoms with Crippen molar-refractivity contribution in [2.24, 2.45) is 5.73 Å². The van der Waals surface area contributed by atoms with Gasteiger partial charge in [-0.2, -0.15) is 5.10 Å². The topological polar surface area (TPSA) is 72.9 Å². The number of halogens is 2. The van der Waals surface area contributed by atoms with Crippen molar-refractivity contribution in [3.8, 4) is 0 Å². The molecule has 1 amide bonds. The van der Waals surface area contributed by atoms with Gasteiger partial charge >= 0.3 is 0 Å². The van der Waals surface area contributed by atoms with Gasteiger partial charge in [-0.05, 0) is 18.6 Å². The van der Waals surface area contributed by atoms with Gasteiger partial charge in [0.1, 0.15) is 6.54 Å². The molecule has 1 aromatic heterocycles. The van der Waals surface area contributed by atoms with E-state index in [1.54, 1.807) is 18.5 Å². The lowest BCUT2D eigenvalue weighted by molar-refractivity contribution is -0.118. The number of rotatable bonds is 5. The summed E-state index contributed by atoms with van der Waals surface area (Å²) in [7, 11) is 0. The SMILES string of the molecule is CC(Nc1cnn(CC(N)=O)c1)c1cccc(Cl)c1Cl. The molecule has 1 unspecified atom stereocenters. The highest BCUT2D eigenvalue weighted by Crippen LogP contribution is 2.31. The smallest absolute Gasteiger partial charge is 0.239 e. The zero-order chi connectivity index (χ0) is 14.7. The number of amides is 1. The van der Waals surface area contributed by atoms with Crippen LogP contribution in [0.2, 0.25) is 10.0 Å². The molecule has 0 aliphatic carbocycles. The summed E-state index contributed by atoms with van der Waals surface area (Å²) in [5, 5.41) is 8.32. The molecule has 0 saturated carbocycles. The van der Waals surface area contributed by atoms with Crippen molar-refractivity contribution in [3.05, 3.63) is 46.2 Å². The van der Waals surface area contributed by atoms with E-state index in [4.69, 9.17) is 28.9 Å². The standard InChI is InChI=1S/C13H14Cl2N4O/c1-8(10-3-2-4-11(14)13(10)15)18-9-5-17-19(6-9)7-12(16)20/h2-6,8,18H,7H2,1H3,(H2,16,20). The van der Waals surface area contributed by atoms with Crippen molar-refractivity contribution in [2.75, 3.05) is 5.32 Å². The Morgan fingerprint density at radius 3 is 2.95 bits per heavy atom. The Morgan fingerprint density at radius 1 is 1.50 bits per heavy atom. The Hall–Kier alpha value is -1.72. The van der Waals surface area contributed by atoms with E-state index in [9.17, 15) is 4.79 Å². The molecule has 106 valence electrons. The summed E-state index contributed by atoms with van der Waals surface area (Å²) in [5.74, 6) is -0.439. The van der Waals surface area contributed by atoms with Crippen molar-refractivity contribution >= 4 is 34.8 Å². The lowest BCUT2D eigenvalue weighted by atomic mass is 10.1. The molecule has 1 atom stereocenters. The first-order valence-electron chi connectivity index (χ1n) is 5.98. The summed E-state index contributed by atoms with van der Waals surface area (Å²) in [6.45, 7) is 2.01. The van der Waals surface area contributed by atoms with E-state index in [-0.39, 0.29) is 12.6 Å². The van der Waals surface area contributed by atoms with Gasteiger partial charge in [-0.25, -0.2) is 0 Å². The van der Waals surface area contributed by atoms with E-state index in [0.29, 0.717) is 10.0 Å². The first kappa shape index (κ1) is 14.7. The van der Waals surface area contributed by atoms with Crippen LogP contribution in [0.5, 0.6) is 0 Å². The number of carbonyl (C=O) groups excluding carboxylic acids is 1. The first-order valence-corrected chi connectivity index (χ1v) is 6.74. The Balaban J connectivity index is 2.11. The molecular weight excluding hydrogens is 299 g/mol. The number of nitrogens with two attached hydrogens (primary N) is 1. The van der Waals surface area contributed by atoms with E-state index in [1.165, 1.54) is 4.68 Å². The third-order valence-corrected chi connectivity index (χ3v) is 3.62. The van der Waals surface area contributed by atoms with Crippen LogP contribution < -0.4 is 11.1 Å². The predicted octanol–water partition coefficient (Wildman–Crippen LogP) is 2.85. The van der Waals surface area contributed by atoms with E-state index in [1.807, 2.05) is 19.1 Å². The van der Waals surface area contributed by atoms with Crippen molar-refractivity contribution in [3.63, 3.8) is 0 Å². The van der Waals surface area contributed by atoms with Crippen LogP contribution in [-0.4, -0.2) is 15.7 Å². The number of nitrogens with zero attached hydrogens (tertiary/aromatic N) is 2. The van der Waals surface area contributed by atoms with Gasteiger partial charge in [-0.3, -0.25) is 9.48 Å². The Labute approximate surface area is 126 Å². The van der Waals surface area contributed by atoms with Gasteiger partial charge in [-0.15, -0.1) is 0 Å². The summed E-state index contributed by atoms with van der Waals surface area (Å²) in [6.07, 6.45) is 3.33. The van der Waals surface area contributed by atoms with Crippen LogP contribution in [0, 0.1) is 0 Å². The molecule has 3 N–H and O–H groups in total.